The van der Waals surface area contributed by atoms with Crippen molar-refractivity contribution in [2.75, 3.05) is 25.4 Å². The monoisotopic (exact) mass is 326 g/mol. The van der Waals surface area contributed by atoms with Crippen LogP contribution in [0.15, 0.2) is 9.95 Å². The molecule has 5 nitrogen and oxygen atoms in total. The first-order chi connectivity index (χ1) is 10.7. The molecular weight excluding hydrogens is 298 g/mol. The summed E-state index contributed by atoms with van der Waals surface area (Å²) in [6.07, 6.45) is 5.45. The lowest BCUT2D eigenvalue weighted by Crippen LogP contribution is -3.11. The number of rotatable bonds is 7. The van der Waals surface area contributed by atoms with Gasteiger partial charge in [-0.1, -0.05) is 31.0 Å². The van der Waals surface area contributed by atoms with E-state index in [1.54, 1.807) is 0 Å². The zero-order valence-electron chi connectivity index (χ0n) is 13.7. The lowest BCUT2D eigenvalue weighted by molar-refractivity contribution is -0.893. The van der Waals surface area contributed by atoms with Crippen molar-refractivity contribution in [2.45, 2.75) is 57.0 Å². The van der Waals surface area contributed by atoms with Crippen LogP contribution in [0, 0.1) is 0 Å². The minimum Gasteiger partial charge on any atom is -0.493 e. The molecule has 0 aliphatic heterocycles. The van der Waals surface area contributed by atoms with E-state index in [2.05, 4.69) is 23.8 Å². The molecule has 0 aromatic carbocycles. The van der Waals surface area contributed by atoms with Crippen molar-refractivity contribution in [3.63, 3.8) is 0 Å². The standard InChI is InChI=1S/C16H27N3O2S/c1-3-19(4-2)10-11-22-16-17-14(20)13(15(21)18-16)12-8-6-5-7-9-12/h12H,3-11H2,1-2H3,(H2,17,18,20,21)/p+1. The van der Waals surface area contributed by atoms with Crippen molar-refractivity contribution in [2.24, 2.45) is 0 Å². The Morgan fingerprint density at radius 3 is 2.55 bits per heavy atom. The van der Waals surface area contributed by atoms with E-state index in [4.69, 9.17) is 0 Å². The summed E-state index contributed by atoms with van der Waals surface area (Å²) >= 11 is 1.52. The molecule has 0 unspecified atom stereocenters. The summed E-state index contributed by atoms with van der Waals surface area (Å²) in [5.41, 5.74) is 0.343. The second-order valence-corrected chi connectivity index (χ2v) is 7.08. The van der Waals surface area contributed by atoms with Gasteiger partial charge in [-0.15, -0.1) is 0 Å². The molecule has 6 heteroatoms. The minimum absolute atomic E-state index is 0.0617. The molecule has 0 saturated heterocycles. The molecule has 0 spiro atoms. The second kappa shape index (κ2) is 8.58. The highest BCUT2D eigenvalue weighted by atomic mass is 32.2. The van der Waals surface area contributed by atoms with Crippen LogP contribution >= 0.6 is 11.8 Å². The molecule has 1 aromatic heterocycles. The maximum atomic E-state index is 12.3. The normalized spacial score (nSPS) is 16.3. The van der Waals surface area contributed by atoms with Crippen LogP contribution in [0.5, 0.6) is 5.88 Å². The highest BCUT2D eigenvalue weighted by Crippen LogP contribution is 2.34. The number of thioether (sulfide) groups is 1. The number of hydrogen-bond acceptors (Lipinski definition) is 4. The minimum atomic E-state index is -0.155. The largest absolute Gasteiger partial charge is 0.493 e. The number of aromatic amines is 1. The van der Waals surface area contributed by atoms with E-state index >= 15 is 0 Å². The quantitative estimate of drug-likeness (QED) is 0.525. The highest BCUT2D eigenvalue weighted by Gasteiger charge is 2.23. The molecule has 0 amide bonds. The third kappa shape index (κ3) is 4.49. The average molecular weight is 326 g/mol. The molecule has 1 heterocycles. The fourth-order valence-corrected chi connectivity index (χ4v) is 4.07. The topological polar surface area (TPSA) is 70.4 Å². The first kappa shape index (κ1) is 17.3. The van der Waals surface area contributed by atoms with E-state index < -0.39 is 0 Å². The summed E-state index contributed by atoms with van der Waals surface area (Å²) in [6.45, 7) is 7.59. The molecule has 0 atom stereocenters. The van der Waals surface area contributed by atoms with Crippen molar-refractivity contribution in [3.8, 4) is 5.88 Å². The molecule has 22 heavy (non-hydrogen) atoms. The van der Waals surface area contributed by atoms with Crippen molar-refractivity contribution in [3.05, 3.63) is 15.9 Å². The Balaban J connectivity index is 2.01. The van der Waals surface area contributed by atoms with Crippen molar-refractivity contribution >= 4 is 11.8 Å². The molecule has 1 fully saturated rings. The summed E-state index contributed by atoms with van der Waals surface area (Å²) < 4.78 is 0. The van der Waals surface area contributed by atoms with Gasteiger partial charge in [-0.25, -0.2) is 0 Å². The number of nitrogens with one attached hydrogen (secondary N) is 2. The predicted octanol–water partition coefficient (Wildman–Crippen LogP) is 1.54. The summed E-state index contributed by atoms with van der Waals surface area (Å²) in [7, 11) is 0. The third-order valence-corrected chi connectivity index (χ3v) is 5.50. The van der Waals surface area contributed by atoms with Gasteiger partial charge < -0.3 is 15.0 Å². The van der Waals surface area contributed by atoms with Crippen LogP contribution in [0.2, 0.25) is 0 Å². The van der Waals surface area contributed by atoms with Crippen LogP contribution in [0.25, 0.3) is 0 Å². The fourth-order valence-electron chi connectivity index (χ4n) is 3.17. The van der Waals surface area contributed by atoms with Crippen LogP contribution in [-0.4, -0.2) is 40.5 Å². The van der Waals surface area contributed by atoms with Crippen molar-refractivity contribution in [1.29, 1.82) is 0 Å². The molecule has 124 valence electrons. The van der Waals surface area contributed by atoms with Gasteiger partial charge in [-0.2, -0.15) is 4.98 Å². The SMILES string of the molecule is CC[NH+](CC)CCSc1nc(O)c(C2CCCCC2)c(=O)[nH]1. The highest BCUT2D eigenvalue weighted by molar-refractivity contribution is 7.99. The Morgan fingerprint density at radius 2 is 1.95 bits per heavy atom. The van der Waals surface area contributed by atoms with Gasteiger partial charge in [0.15, 0.2) is 5.16 Å². The van der Waals surface area contributed by atoms with Gasteiger partial charge in [-0.05, 0) is 32.6 Å². The second-order valence-electron chi connectivity index (χ2n) is 6.00. The Morgan fingerprint density at radius 1 is 1.27 bits per heavy atom. The third-order valence-electron chi connectivity index (χ3n) is 4.62. The molecular formula is C16H28N3O2S+. The van der Waals surface area contributed by atoms with E-state index in [0.29, 0.717) is 10.7 Å². The Kier molecular flexibility index (Phi) is 6.76. The molecule has 0 bridgehead atoms. The number of hydrogen-bond donors (Lipinski definition) is 3. The van der Waals surface area contributed by atoms with Gasteiger partial charge in [0.2, 0.25) is 5.88 Å². The zero-order chi connectivity index (χ0) is 15.9. The number of aromatic hydroxyl groups is 1. The summed E-state index contributed by atoms with van der Waals surface area (Å²) in [5, 5.41) is 10.7. The van der Waals surface area contributed by atoms with E-state index in [-0.39, 0.29) is 17.4 Å². The van der Waals surface area contributed by atoms with Crippen LogP contribution in [-0.2, 0) is 0 Å². The summed E-state index contributed by atoms with van der Waals surface area (Å²) in [6, 6.07) is 0. The molecule has 3 N–H and O–H groups in total. The molecule has 1 aromatic rings. The number of quaternary nitrogens is 1. The Bertz CT molecular complexity index is 523. The molecule has 1 saturated carbocycles. The first-order valence-electron chi connectivity index (χ1n) is 8.45. The first-order valence-corrected chi connectivity index (χ1v) is 9.43. The maximum Gasteiger partial charge on any atom is 0.258 e. The van der Waals surface area contributed by atoms with E-state index in [0.717, 1.165) is 51.1 Å². The van der Waals surface area contributed by atoms with E-state index in [1.165, 1.54) is 23.1 Å². The number of nitrogens with zero attached hydrogens (tertiary/aromatic N) is 1. The van der Waals surface area contributed by atoms with E-state index in [1.807, 2.05) is 0 Å². The molecule has 1 aliphatic carbocycles. The number of aromatic nitrogens is 2. The Hall–Kier alpha value is -1.01. The fraction of sp³-hybridized carbons (Fsp3) is 0.750. The van der Waals surface area contributed by atoms with E-state index in [9.17, 15) is 9.90 Å². The predicted molar refractivity (Wildman–Crippen MR) is 90.0 cm³/mol. The van der Waals surface area contributed by atoms with Gasteiger partial charge in [0, 0.05) is 0 Å². The van der Waals surface area contributed by atoms with Gasteiger partial charge in [0.05, 0.1) is 31.0 Å². The van der Waals surface area contributed by atoms with Crippen LogP contribution in [0.3, 0.4) is 0 Å². The van der Waals surface area contributed by atoms with Crippen LogP contribution < -0.4 is 10.5 Å². The van der Waals surface area contributed by atoms with Crippen molar-refractivity contribution < 1.29 is 10.0 Å². The summed E-state index contributed by atoms with van der Waals surface area (Å²) in [4.78, 5) is 20.9. The number of H-pyrrole nitrogens is 1. The van der Waals surface area contributed by atoms with Crippen LogP contribution in [0.1, 0.15) is 57.4 Å². The zero-order valence-corrected chi connectivity index (χ0v) is 14.5. The van der Waals surface area contributed by atoms with Crippen LogP contribution in [0.4, 0.5) is 0 Å². The lowest BCUT2D eigenvalue weighted by Gasteiger charge is -2.21. The lowest BCUT2D eigenvalue weighted by atomic mass is 9.85. The smallest absolute Gasteiger partial charge is 0.258 e. The molecule has 1 aliphatic rings. The average Bonchev–Trinajstić information content (AvgIpc) is 2.52. The summed E-state index contributed by atoms with van der Waals surface area (Å²) in [5.74, 6) is 1.000. The van der Waals surface area contributed by atoms with Crippen molar-refractivity contribution in [1.82, 2.24) is 9.97 Å². The molecule has 2 rings (SSSR count). The van der Waals surface area contributed by atoms with Gasteiger partial charge in [0.1, 0.15) is 0 Å². The van der Waals surface area contributed by atoms with Gasteiger partial charge >= 0.3 is 0 Å². The maximum absolute atomic E-state index is 12.3. The Labute approximate surface area is 136 Å². The van der Waals surface area contributed by atoms with Gasteiger partial charge in [0.25, 0.3) is 5.56 Å². The van der Waals surface area contributed by atoms with Gasteiger partial charge in [-0.3, -0.25) is 4.79 Å². The molecule has 0 radical (unpaired) electrons.